The smallest absolute Gasteiger partial charge is 0.311 e. The SMILES string of the molecule is Cc1ccc(C(C)NC(=O)COC(=O)Cc2cccs2)cc1C. The Morgan fingerprint density at radius 1 is 1.22 bits per heavy atom. The second-order valence-corrected chi connectivity index (χ2v) is 6.58. The largest absolute Gasteiger partial charge is 0.455 e. The second-order valence-electron chi connectivity index (χ2n) is 5.55. The first-order valence-electron chi connectivity index (χ1n) is 7.50. The van der Waals surface area contributed by atoms with Gasteiger partial charge in [0.15, 0.2) is 6.61 Å². The molecule has 0 fully saturated rings. The highest BCUT2D eigenvalue weighted by molar-refractivity contribution is 7.10. The number of hydrogen-bond donors (Lipinski definition) is 1. The quantitative estimate of drug-likeness (QED) is 0.826. The van der Waals surface area contributed by atoms with Crippen molar-refractivity contribution in [3.05, 3.63) is 57.3 Å². The highest BCUT2D eigenvalue weighted by Crippen LogP contribution is 2.16. The predicted molar refractivity (Wildman–Crippen MR) is 91.5 cm³/mol. The Hall–Kier alpha value is -2.14. The molecule has 1 amide bonds. The zero-order valence-electron chi connectivity index (χ0n) is 13.6. The maximum atomic E-state index is 11.9. The molecular weight excluding hydrogens is 310 g/mol. The fourth-order valence-corrected chi connectivity index (χ4v) is 2.84. The monoisotopic (exact) mass is 331 g/mol. The van der Waals surface area contributed by atoms with Gasteiger partial charge in [0.2, 0.25) is 0 Å². The molecule has 2 rings (SSSR count). The maximum absolute atomic E-state index is 11.9. The molecule has 1 unspecified atom stereocenters. The lowest BCUT2D eigenvalue weighted by molar-refractivity contribution is -0.148. The van der Waals surface area contributed by atoms with Crippen LogP contribution >= 0.6 is 11.3 Å². The maximum Gasteiger partial charge on any atom is 0.311 e. The molecule has 0 aliphatic heterocycles. The van der Waals surface area contributed by atoms with E-state index in [2.05, 4.69) is 18.3 Å². The highest BCUT2D eigenvalue weighted by atomic mass is 32.1. The van der Waals surface area contributed by atoms with E-state index < -0.39 is 0 Å². The van der Waals surface area contributed by atoms with Crippen LogP contribution in [-0.2, 0) is 20.7 Å². The van der Waals surface area contributed by atoms with Gasteiger partial charge in [0.1, 0.15) is 0 Å². The van der Waals surface area contributed by atoms with Crippen LogP contribution in [-0.4, -0.2) is 18.5 Å². The molecule has 0 bridgehead atoms. The van der Waals surface area contributed by atoms with Gasteiger partial charge in [0.25, 0.3) is 5.91 Å². The van der Waals surface area contributed by atoms with E-state index in [1.165, 1.54) is 22.5 Å². The van der Waals surface area contributed by atoms with E-state index in [0.29, 0.717) is 0 Å². The molecule has 0 spiro atoms. The van der Waals surface area contributed by atoms with Crippen molar-refractivity contribution < 1.29 is 14.3 Å². The number of amides is 1. The number of nitrogens with one attached hydrogen (secondary N) is 1. The van der Waals surface area contributed by atoms with E-state index in [4.69, 9.17) is 4.74 Å². The lowest BCUT2D eigenvalue weighted by Gasteiger charge is -2.15. The molecule has 0 aliphatic carbocycles. The van der Waals surface area contributed by atoms with Crippen LogP contribution in [0.15, 0.2) is 35.7 Å². The first-order chi connectivity index (χ1) is 11.0. The summed E-state index contributed by atoms with van der Waals surface area (Å²) in [6.07, 6.45) is 0.206. The Kier molecular flexibility index (Phi) is 5.93. The lowest BCUT2D eigenvalue weighted by Crippen LogP contribution is -2.31. The van der Waals surface area contributed by atoms with Gasteiger partial charge in [-0.15, -0.1) is 11.3 Å². The molecule has 1 aromatic carbocycles. The molecule has 1 heterocycles. The first kappa shape index (κ1) is 17.2. The molecule has 4 nitrogen and oxygen atoms in total. The number of esters is 1. The van der Waals surface area contributed by atoms with Crippen molar-refractivity contribution in [3.63, 3.8) is 0 Å². The standard InChI is InChI=1S/C18H21NO3S/c1-12-6-7-15(9-13(12)2)14(3)19-17(20)11-22-18(21)10-16-5-4-8-23-16/h4-9,14H,10-11H2,1-3H3,(H,19,20). The van der Waals surface area contributed by atoms with Gasteiger partial charge in [-0.1, -0.05) is 24.3 Å². The summed E-state index contributed by atoms with van der Waals surface area (Å²) in [6, 6.07) is 9.71. The molecule has 122 valence electrons. The average Bonchev–Trinajstić information content (AvgIpc) is 3.00. The number of rotatable bonds is 6. The van der Waals surface area contributed by atoms with Crippen LogP contribution in [0.3, 0.4) is 0 Å². The molecule has 0 radical (unpaired) electrons. The van der Waals surface area contributed by atoms with Crippen LogP contribution < -0.4 is 5.32 Å². The molecule has 0 saturated carbocycles. The zero-order valence-corrected chi connectivity index (χ0v) is 14.4. The van der Waals surface area contributed by atoms with Crippen LogP contribution in [0, 0.1) is 13.8 Å². The Morgan fingerprint density at radius 3 is 2.65 bits per heavy atom. The average molecular weight is 331 g/mol. The van der Waals surface area contributed by atoms with E-state index in [1.54, 1.807) is 0 Å². The molecule has 2 aromatic rings. The number of benzene rings is 1. The van der Waals surface area contributed by atoms with Crippen molar-refractivity contribution in [1.29, 1.82) is 0 Å². The topological polar surface area (TPSA) is 55.4 Å². The molecule has 1 atom stereocenters. The number of ether oxygens (including phenoxy) is 1. The normalized spacial score (nSPS) is 11.8. The highest BCUT2D eigenvalue weighted by Gasteiger charge is 2.13. The summed E-state index contributed by atoms with van der Waals surface area (Å²) in [5, 5.41) is 4.75. The molecule has 5 heteroatoms. The number of aryl methyl sites for hydroxylation is 2. The minimum absolute atomic E-state index is 0.127. The lowest BCUT2D eigenvalue weighted by atomic mass is 10.0. The molecule has 0 saturated heterocycles. The van der Waals surface area contributed by atoms with Crippen molar-refractivity contribution in [2.24, 2.45) is 0 Å². The van der Waals surface area contributed by atoms with Gasteiger partial charge < -0.3 is 10.1 Å². The van der Waals surface area contributed by atoms with Gasteiger partial charge in [-0.3, -0.25) is 9.59 Å². The minimum atomic E-state index is -0.388. The van der Waals surface area contributed by atoms with Crippen molar-refractivity contribution in [1.82, 2.24) is 5.32 Å². The Morgan fingerprint density at radius 2 is 2.00 bits per heavy atom. The van der Waals surface area contributed by atoms with E-state index in [-0.39, 0.29) is 30.9 Å². The molecular formula is C18H21NO3S. The molecule has 0 aliphatic rings. The number of hydrogen-bond acceptors (Lipinski definition) is 4. The minimum Gasteiger partial charge on any atom is -0.455 e. The van der Waals surface area contributed by atoms with Crippen molar-refractivity contribution in [2.75, 3.05) is 6.61 Å². The first-order valence-corrected chi connectivity index (χ1v) is 8.38. The van der Waals surface area contributed by atoms with E-state index in [9.17, 15) is 9.59 Å². The molecule has 1 N–H and O–H groups in total. The van der Waals surface area contributed by atoms with Crippen LogP contribution in [0.2, 0.25) is 0 Å². The van der Waals surface area contributed by atoms with Crippen LogP contribution in [0.5, 0.6) is 0 Å². The fourth-order valence-electron chi connectivity index (χ4n) is 2.15. The Bertz CT molecular complexity index is 680. The summed E-state index contributed by atoms with van der Waals surface area (Å²) < 4.78 is 5.01. The molecule has 1 aromatic heterocycles. The van der Waals surface area contributed by atoms with Crippen LogP contribution in [0.4, 0.5) is 0 Å². The van der Waals surface area contributed by atoms with Gasteiger partial charge >= 0.3 is 5.97 Å². The third kappa shape index (κ3) is 5.21. The Labute approximate surface area is 140 Å². The van der Waals surface area contributed by atoms with Gasteiger partial charge in [-0.2, -0.15) is 0 Å². The van der Waals surface area contributed by atoms with Crippen LogP contribution in [0.25, 0.3) is 0 Å². The Balaban J connectivity index is 1.79. The van der Waals surface area contributed by atoms with E-state index >= 15 is 0 Å². The summed E-state index contributed by atoms with van der Waals surface area (Å²) >= 11 is 1.49. The van der Waals surface area contributed by atoms with Crippen molar-refractivity contribution in [2.45, 2.75) is 33.2 Å². The number of carbonyl (C=O) groups excluding carboxylic acids is 2. The predicted octanol–water partition coefficient (Wildman–Crippen LogP) is 3.33. The summed E-state index contributed by atoms with van der Waals surface area (Å²) in [7, 11) is 0. The van der Waals surface area contributed by atoms with Gasteiger partial charge in [-0.05, 0) is 48.9 Å². The fraction of sp³-hybridized carbons (Fsp3) is 0.333. The number of carbonyl (C=O) groups is 2. The second kappa shape index (κ2) is 7.92. The third-order valence-electron chi connectivity index (χ3n) is 3.67. The van der Waals surface area contributed by atoms with E-state index in [1.807, 2.05) is 43.5 Å². The molecule has 23 heavy (non-hydrogen) atoms. The zero-order chi connectivity index (χ0) is 16.8. The third-order valence-corrected chi connectivity index (χ3v) is 4.55. The summed E-state index contributed by atoms with van der Waals surface area (Å²) in [6.45, 7) is 5.75. The van der Waals surface area contributed by atoms with Gasteiger partial charge in [-0.25, -0.2) is 0 Å². The van der Waals surface area contributed by atoms with Crippen molar-refractivity contribution in [3.8, 4) is 0 Å². The van der Waals surface area contributed by atoms with Crippen LogP contribution in [0.1, 0.15) is 34.5 Å². The summed E-state index contributed by atoms with van der Waals surface area (Å²) in [5.41, 5.74) is 3.44. The van der Waals surface area contributed by atoms with E-state index in [0.717, 1.165) is 10.4 Å². The summed E-state index contributed by atoms with van der Waals surface area (Å²) in [5.74, 6) is -0.684. The van der Waals surface area contributed by atoms with Gasteiger partial charge in [0, 0.05) is 4.88 Å². The summed E-state index contributed by atoms with van der Waals surface area (Å²) in [4.78, 5) is 24.5. The van der Waals surface area contributed by atoms with Gasteiger partial charge in [0.05, 0.1) is 12.5 Å². The number of thiophene rings is 1. The van der Waals surface area contributed by atoms with Crippen molar-refractivity contribution >= 4 is 23.2 Å².